The van der Waals surface area contributed by atoms with Crippen LogP contribution in [0.3, 0.4) is 0 Å². The molecule has 0 radical (unpaired) electrons. The van der Waals surface area contributed by atoms with Crippen LogP contribution >= 0.6 is 0 Å². The van der Waals surface area contributed by atoms with Crippen LogP contribution in [0.1, 0.15) is 11.5 Å². The molecule has 0 atom stereocenters. The fraction of sp³-hybridized carbons (Fsp3) is 0.238. The lowest BCUT2D eigenvalue weighted by Gasteiger charge is -2.32. The Labute approximate surface area is 170 Å². The van der Waals surface area contributed by atoms with Gasteiger partial charge in [0.1, 0.15) is 0 Å². The molecule has 8 heteroatoms. The average molecular weight is 410 g/mol. The Kier molecular flexibility index (Phi) is 5.84. The SMILES string of the molecule is O=S(=O)(C=Cc1ccccc1)N1CCN(Cc2nnc(-c3ccccc3)o2)CC1. The highest BCUT2D eigenvalue weighted by Crippen LogP contribution is 2.18. The zero-order valence-corrected chi connectivity index (χ0v) is 16.7. The lowest BCUT2D eigenvalue weighted by molar-refractivity contribution is 0.169. The Morgan fingerprint density at radius 3 is 2.24 bits per heavy atom. The van der Waals surface area contributed by atoms with Crippen molar-refractivity contribution in [1.82, 2.24) is 19.4 Å². The molecule has 3 aromatic rings. The van der Waals surface area contributed by atoms with Gasteiger partial charge in [0.15, 0.2) is 0 Å². The lowest BCUT2D eigenvalue weighted by atomic mass is 10.2. The van der Waals surface area contributed by atoms with Gasteiger partial charge in [-0.1, -0.05) is 48.5 Å². The van der Waals surface area contributed by atoms with E-state index in [-0.39, 0.29) is 0 Å². The summed E-state index contributed by atoms with van der Waals surface area (Å²) in [6.45, 7) is 2.60. The minimum Gasteiger partial charge on any atom is -0.419 e. The van der Waals surface area contributed by atoms with Crippen LogP contribution in [0.15, 0.2) is 70.5 Å². The molecule has 29 heavy (non-hydrogen) atoms. The third-order valence-electron chi connectivity index (χ3n) is 4.77. The van der Waals surface area contributed by atoms with Gasteiger partial charge in [-0.25, -0.2) is 8.42 Å². The largest absolute Gasteiger partial charge is 0.419 e. The molecule has 0 unspecified atom stereocenters. The van der Waals surface area contributed by atoms with Gasteiger partial charge in [-0.2, -0.15) is 4.31 Å². The first-order valence-corrected chi connectivity index (χ1v) is 10.9. The third kappa shape index (κ3) is 4.97. The van der Waals surface area contributed by atoms with Crippen LogP contribution < -0.4 is 0 Å². The van der Waals surface area contributed by atoms with Crippen molar-refractivity contribution in [3.63, 3.8) is 0 Å². The van der Waals surface area contributed by atoms with Gasteiger partial charge in [0.2, 0.25) is 21.8 Å². The molecule has 1 aromatic heterocycles. The van der Waals surface area contributed by atoms with Gasteiger partial charge in [-0.15, -0.1) is 10.2 Å². The maximum Gasteiger partial charge on any atom is 0.247 e. The minimum atomic E-state index is -3.44. The molecule has 0 bridgehead atoms. The summed E-state index contributed by atoms with van der Waals surface area (Å²) in [6.07, 6.45) is 1.63. The number of hydrogen-bond donors (Lipinski definition) is 0. The van der Waals surface area contributed by atoms with E-state index in [1.165, 1.54) is 9.71 Å². The van der Waals surface area contributed by atoms with Crippen LogP contribution in [0.5, 0.6) is 0 Å². The van der Waals surface area contributed by atoms with Crippen molar-refractivity contribution in [3.05, 3.63) is 77.5 Å². The zero-order valence-electron chi connectivity index (χ0n) is 15.9. The predicted octanol–water partition coefficient (Wildman–Crippen LogP) is 2.85. The Balaban J connectivity index is 1.33. The third-order valence-corrected chi connectivity index (χ3v) is 6.33. The molecule has 1 aliphatic heterocycles. The van der Waals surface area contributed by atoms with E-state index in [0.717, 1.165) is 11.1 Å². The molecule has 0 N–H and O–H groups in total. The summed E-state index contributed by atoms with van der Waals surface area (Å²) in [5.41, 5.74) is 1.74. The summed E-state index contributed by atoms with van der Waals surface area (Å²) >= 11 is 0. The van der Waals surface area contributed by atoms with Crippen molar-refractivity contribution in [1.29, 1.82) is 0 Å². The second kappa shape index (κ2) is 8.69. The van der Waals surface area contributed by atoms with Gasteiger partial charge >= 0.3 is 0 Å². The summed E-state index contributed by atoms with van der Waals surface area (Å²) in [4.78, 5) is 2.12. The topological polar surface area (TPSA) is 79.5 Å². The first kappa shape index (κ1) is 19.5. The van der Waals surface area contributed by atoms with Crippen molar-refractivity contribution < 1.29 is 12.8 Å². The van der Waals surface area contributed by atoms with Crippen LogP contribution in [0, 0.1) is 0 Å². The molecule has 150 valence electrons. The molecular weight excluding hydrogens is 388 g/mol. The van der Waals surface area contributed by atoms with Gasteiger partial charge < -0.3 is 4.42 Å². The van der Waals surface area contributed by atoms with Gasteiger partial charge in [0, 0.05) is 37.2 Å². The molecule has 2 heterocycles. The predicted molar refractivity (Wildman–Crippen MR) is 111 cm³/mol. The van der Waals surface area contributed by atoms with Gasteiger partial charge in [-0.05, 0) is 23.8 Å². The number of nitrogens with zero attached hydrogens (tertiary/aromatic N) is 4. The zero-order chi connectivity index (χ0) is 20.1. The van der Waals surface area contributed by atoms with Crippen LogP contribution in [0.2, 0.25) is 0 Å². The van der Waals surface area contributed by atoms with Crippen molar-refractivity contribution >= 4 is 16.1 Å². The van der Waals surface area contributed by atoms with Gasteiger partial charge in [0.05, 0.1) is 6.54 Å². The Morgan fingerprint density at radius 1 is 0.897 bits per heavy atom. The quantitative estimate of drug-likeness (QED) is 0.622. The monoisotopic (exact) mass is 410 g/mol. The molecule has 1 saturated heterocycles. The fourth-order valence-electron chi connectivity index (χ4n) is 3.16. The first-order valence-electron chi connectivity index (χ1n) is 9.44. The molecular formula is C21H22N4O3S. The molecule has 1 aliphatic rings. The summed E-state index contributed by atoms with van der Waals surface area (Å²) in [5.74, 6) is 1.02. The molecule has 0 spiro atoms. The summed E-state index contributed by atoms with van der Waals surface area (Å²) in [7, 11) is -3.44. The number of benzene rings is 2. The molecule has 0 amide bonds. The minimum absolute atomic E-state index is 0.432. The Morgan fingerprint density at radius 2 is 1.55 bits per heavy atom. The van der Waals surface area contributed by atoms with Crippen molar-refractivity contribution in [2.45, 2.75) is 6.54 Å². The van der Waals surface area contributed by atoms with Gasteiger partial charge in [-0.3, -0.25) is 4.90 Å². The smallest absolute Gasteiger partial charge is 0.247 e. The van der Waals surface area contributed by atoms with Crippen LogP contribution in [-0.4, -0.2) is 54.0 Å². The molecule has 4 rings (SSSR count). The second-order valence-corrected chi connectivity index (χ2v) is 8.62. The second-order valence-electron chi connectivity index (χ2n) is 6.80. The first-order chi connectivity index (χ1) is 14.1. The van der Waals surface area contributed by atoms with E-state index in [9.17, 15) is 8.42 Å². The number of rotatable bonds is 6. The highest BCUT2D eigenvalue weighted by molar-refractivity contribution is 7.92. The number of hydrogen-bond acceptors (Lipinski definition) is 6. The van der Waals surface area contributed by atoms with E-state index in [4.69, 9.17) is 4.42 Å². The van der Waals surface area contributed by atoms with Crippen molar-refractivity contribution in [2.24, 2.45) is 0 Å². The average Bonchev–Trinajstić information content (AvgIpc) is 3.23. The summed E-state index contributed by atoms with van der Waals surface area (Å²) < 4.78 is 32.4. The van der Waals surface area contributed by atoms with Crippen molar-refractivity contribution in [3.8, 4) is 11.5 Å². The van der Waals surface area contributed by atoms with Crippen LogP contribution in [0.25, 0.3) is 17.5 Å². The molecule has 0 saturated carbocycles. The molecule has 1 fully saturated rings. The molecule has 7 nitrogen and oxygen atoms in total. The van der Waals surface area contributed by atoms with E-state index in [2.05, 4.69) is 15.1 Å². The highest BCUT2D eigenvalue weighted by atomic mass is 32.2. The summed E-state index contributed by atoms with van der Waals surface area (Å²) in [6, 6.07) is 19.0. The Bertz CT molecular complexity index is 1060. The summed E-state index contributed by atoms with van der Waals surface area (Å²) in [5, 5.41) is 9.50. The van der Waals surface area contributed by atoms with E-state index in [1.54, 1.807) is 6.08 Å². The van der Waals surface area contributed by atoms with Crippen LogP contribution in [-0.2, 0) is 16.6 Å². The van der Waals surface area contributed by atoms with Crippen LogP contribution in [0.4, 0.5) is 0 Å². The van der Waals surface area contributed by atoms with E-state index in [1.807, 2.05) is 60.7 Å². The fourth-order valence-corrected chi connectivity index (χ4v) is 4.34. The number of aromatic nitrogens is 2. The van der Waals surface area contributed by atoms with E-state index < -0.39 is 10.0 Å². The maximum absolute atomic E-state index is 12.6. The Hall–Kier alpha value is -2.81. The lowest BCUT2D eigenvalue weighted by Crippen LogP contribution is -2.47. The molecule has 0 aliphatic carbocycles. The van der Waals surface area contributed by atoms with E-state index in [0.29, 0.717) is 44.5 Å². The van der Waals surface area contributed by atoms with E-state index >= 15 is 0 Å². The number of sulfonamides is 1. The van der Waals surface area contributed by atoms with Gasteiger partial charge in [0.25, 0.3) is 0 Å². The standard InChI is InChI=1S/C21H22N4O3S/c26-29(27,16-11-18-7-3-1-4-8-18)25-14-12-24(13-15-25)17-20-22-23-21(28-20)19-9-5-2-6-10-19/h1-11,16H,12-15,17H2. The highest BCUT2D eigenvalue weighted by Gasteiger charge is 2.26. The normalized spacial score (nSPS) is 16.4. The molecule has 2 aromatic carbocycles. The van der Waals surface area contributed by atoms with Crippen molar-refractivity contribution in [2.75, 3.05) is 26.2 Å². The maximum atomic E-state index is 12.6. The number of piperazine rings is 1.